The van der Waals surface area contributed by atoms with E-state index in [-0.39, 0.29) is 0 Å². The van der Waals surface area contributed by atoms with Crippen LogP contribution in [0.3, 0.4) is 0 Å². The van der Waals surface area contributed by atoms with Crippen molar-refractivity contribution < 1.29 is 0 Å². The average molecular weight is 278 g/mol. The second kappa shape index (κ2) is 6.17. The van der Waals surface area contributed by atoms with Crippen LogP contribution in [0.1, 0.15) is 38.4 Å². The molecule has 1 N–H and O–H groups in total. The zero-order valence-electron chi connectivity index (χ0n) is 13.9. The van der Waals surface area contributed by atoms with Gasteiger partial charge in [-0.05, 0) is 37.6 Å². The van der Waals surface area contributed by atoms with E-state index in [1.54, 1.807) is 0 Å². The maximum absolute atomic E-state index is 4.61. The van der Waals surface area contributed by atoms with Gasteiger partial charge < -0.3 is 10.2 Å². The van der Waals surface area contributed by atoms with Gasteiger partial charge in [0.2, 0.25) is 0 Å². The number of nitrogens with zero attached hydrogens (tertiary/aromatic N) is 3. The molecule has 20 heavy (non-hydrogen) atoms. The number of aryl methyl sites for hydroxylation is 2. The molecule has 4 nitrogen and oxygen atoms in total. The molecule has 1 aromatic rings. The highest BCUT2D eigenvalue weighted by Gasteiger charge is 2.34. The van der Waals surface area contributed by atoms with Crippen molar-refractivity contribution in [2.45, 2.75) is 40.7 Å². The van der Waals surface area contributed by atoms with Crippen molar-refractivity contribution in [3.05, 3.63) is 11.3 Å². The summed E-state index contributed by atoms with van der Waals surface area (Å²) in [4.78, 5) is 2.39. The summed E-state index contributed by atoms with van der Waals surface area (Å²) in [6, 6.07) is 0. The van der Waals surface area contributed by atoms with Gasteiger partial charge in [0, 0.05) is 32.7 Å². The van der Waals surface area contributed by atoms with E-state index in [0.717, 1.165) is 37.2 Å². The van der Waals surface area contributed by atoms with Crippen LogP contribution in [0.5, 0.6) is 0 Å². The predicted octanol–water partition coefficient (Wildman–Crippen LogP) is 2.57. The van der Waals surface area contributed by atoms with Crippen molar-refractivity contribution >= 4 is 5.82 Å². The molecule has 0 saturated heterocycles. The molecule has 1 aliphatic rings. The summed E-state index contributed by atoms with van der Waals surface area (Å²) in [5, 5.41) is 8.16. The Kier molecular flexibility index (Phi) is 4.74. The van der Waals surface area contributed by atoms with Crippen molar-refractivity contribution in [3.8, 4) is 0 Å². The van der Waals surface area contributed by atoms with Crippen molar-refractivity contribution in [1.29, 1.82) is 0 Å². The van der Waals surface area contributed by atoms with Crippen molar-refractivity contribution in [2.24, 2.45) is 24.8 Å². The van der Waals surface area contributed by atoms with Crippen LogP contribution < -0.4 is 10.2 Å². The minimum absolute atomic E-state index is 0.681. The van der Waals surface area contributed by atoms with Crippen LogP contribution in [-0.2, 0) is 13.6 Å². The largest absolute Gasteiger partial charge is 0.359 e. The molecule has 4 heteroatoms. The molecule has 1 fully saturated rings. The van der Waals surface area contributed by atoms with Crippen LogP contribution in [-0.4, -0.2) is 29.9 Å². The fourth-order valence-electron chi connectivity index (χ4n) is 2.95. The Hall–Kier alpha value is -1.03. The Morgan fingerprint density at radius 2 is 2.10 bits per heavy atom. The lowest BCUT2D eigenvalue weighted by Crippen LogP contribution is -2.26. The number of anilines is 1. The van der Waals surface area contributed by atoms with Crippen LogP contribution in [0, 0.1) is 24.7 Å². The molecule has 0 aromatic carbocycles. The third-order valence-electron chi connectivity index (χ3n) is 4.31. The first-order chi connectivity index (χ1) is 9.40. The van der Waals surface area contributed by atoms with E-state index in [1.165, 1.54) is 17.8 Å². The van der Waals surface area contributed by atoms with Crippen molar-refractivity contribution in [1.82, 2.24) is 15.1 Å². The zero-order chi connectivity index (χ0) is 14.9. The van der Waals surface area contributed by atoms with Gasteiger partial charge in [-0.15, -0.1) is 0 Å². The number of rotatable bonds is 7. The lowest BCUT2D eigenvalue weighted by atomic mass is 10.2. The van der Waals surface area contributed by atoms with Crippen molar-refractivity contribution in [3.63, 3.8) is 0 Å². The lowest BCUT2D eigenvalue weighted by Gasteiger charge is -2.21. The van der Waals surface area contributed by atoms with Gasteiger partial charge in [-0.3, -0.25) is 4.68 Å². The van der Waals surface area contributed by atoms with E-state index in [0.29, 0.717) is 5.92 Å². The third kappa shape index (κ3) is 3.54. The quantitative estimate of drug-likeness (QED) is 0.832. The van der Waals surface area contributed by atoms with Crippen LogP contribution in [0.2, 0.25) is 0 Å². The number of hydrogen-bond donors (Lipinski definition) is 1. The Morgan fingerprint density at radius 1 is 1.45 bits per heavy atom. The average Bonchev–Trinajstić information content (AvgIpc) is 2.93. The van der Waals surface area contributed by atoms with E-state index in [9.17, 15) is 0 Å². The minimum atomic E-state index is 0.681. The predicted molar refractivity (Wildman–Crippen MR) is 85.0 cm³/mol. The van der Waals surface area contributed by atoms with E-state index in [2.05, 4.69) is 57.1 Å². The molecule has 0 amide bonds. The summed E-state index contributed by atoms with van der Waals surface area (Å²) in [6.45, 7) is 12.1. The molecule has 0 radical (unpaired) electrons. The fraction of sp³-hybridized carbons (Fsp3) is 0.812. The number of aromatic nitrogens is 2. The second-order valence-corrected chi connectivity index (χ2v) is 6.89. The summed E-state index contributed by atoms with van der Waals surface area (Å²) >= 11 is 0. The van der Waals surface area contributed by atoms with Gasteiger partial charge in [0.25, 0.3) is 0 Å². The summed E-state index contributed by atoms with van der Waals surface area (Å²) < 4.78 is 2.04. The van der Waals surface area contributed by atoms with Gasteiger partial charge in [-0.2, -0.15) is 5.10 Å². The number of hydrogen-bond acceptors (Lipinski definition) is 3. The minimum Gasteiger partial charge on any atom is -0.359 e. The molecule has 114 valence electrons. The maximum Gasteiger partial charge on any atom is 0.131 e. The molecule has 1 heterocycles. The second-order valence-electron chi connectivity index (χ2n) is 6.89. The van der Waals surface area contributed by atoms with E-state index in [1.807, 2.05) is 4.68 Å². The molecule has 2 rings (SSSR count). The Labute approximate surface area is 123 Å². The highest BCUT2D eigenvalue weighted by atomic mass is 15.4. The first-order valence-electron chi connectivity index (χ1n) is 7.84. The Balaban J connectivity index is 2.05. The van der Waals surface area contributed by atoms with E-state index in [4.69, 9.17) is 0 Å². The molecule has 0 spiro atoms. The Morgan fingerprint density at radius 3 is 2.65 bits per heavy atom. The zero-order valence-corrected chi connectivity index (χ0v) is 13.9. The SMILES string of the molecule is Cc1nn(C)c(N(C)CC2CC2C)c1CNCC(C)C. The summed E-state index contributed by atoms with van der Waals surface area (Å²) in [6.07, 6.45) is 1.38. The summed E-state index contributed by atoms with van der Waals surface area (Å²) in [5.41, 5.74) is 2.50. The van der Waals surface area contributed by atoms with Gasteiger partial charge in [0.15, 0.2) is 0 Å². The van der Waals surface area contributed by atoms with E-state index >= 15 is 0 Å². The van der Waals surface area contributed by atoms with Crippen LogP contribution in [0.15, 0.2) is 0 Å². The highest BCUT2D eigenvalue weighted by Crippen LogP contribution is 2.39. The van der Waals surface area contributed by atoms with Gasteiger partial charge >= 0.3 is 0 Å². The van der Waals surface area contributed by atoms with Crippen molar-refractivity contribution in [2.75, 3.05) is 25.0 Å². The Bertz CT molecular complexity index is 450. The van der Waals surface area contributed by atoms with Gasteiger partial charge in [0.1, 0.15) is 5.82 Å². The highest BCUT2D eigenvalue weighted by molar-refractivity contribution is 5.49. The normalized spacial score (nSPS) is 21.6. The van der Waals surface area contributed by atoms with Crippen LogP contribution in [0.4, 0.5) is 5.82 Å². The molecule has 1 aromatic heterocycles. The molecule has 0 aliphatic heterocycles. The van der Waals surface area contributed by atoms with E-state index < -0.39 is 0 Å². The topological polar surface area (TPSA) is 33.1 Å². The first kappa shape index (κ1) is 15.4. The van der Waals surface area contributed by atoms with Gasteiger partial charge in [-0.25, -0.2) is 0 Å². The standard InChI is InChI=1S/C16H30N4/c1-11(2)8-17-9-15-13(4)18-20(6)16(15)19(5)10-14-7-12(14)3/h11-12,14,17H,7-10H2,1-6H3. The molecule has 1 saturated carbocycles. The smallest absolute Gasteiger partial charge is 0.131 e. The number of nitrogens with one attached hydrogen (secondary N) is 1. The monoisotopic (exact) mass is 278 g/mol. The van der Waals surface area contributed by atoms with Crippen LogP contribution >= 0.6 is 0 Å². The van der Waals surface area contributed by atoms with Gasteiger partial charge in [0.05, 0.1) is 5.69 Å². The van der Waals surface area contributed by atoms with Gasteiger partial charge in [-0.1, -0.05) is 20.8 Å². The third-order valence-corrected chi connectivity index (χ3v) is 4.31. The molecular formula is C16H30N4. The summed E-state index contributed by atoms with van der Waals surface area (Å²) in [7, 11) is 4.26. The molecular weight excluding hydrogens is 248 g/mol. The first-order valence-corrected chi connectivity index (χ1v) is 7.84. The summed E-state index contributed by atoms with van der Waals surface area (Å²) in [5.74, 6) is 3.72. The fourth-order valence-corrected chi connectivity index (χ4v) is 2.95. The molecule has 2 atom stereocenters. The lowest BCUT2D eigenvalue weighted by molar-refractivity contribution is 0.551. The van der Waals surface area contributed by atoms with Crippen LogP contribution in [0.25, 0.3) is 0 Å². The maximum atomic E-state index is 4.61. The molecule has 2 unspecified atom stereocenters. The molecule has 1 aliphatic carbocycles. The molecule has 0 bridgehead atoms.